The molecule has 0 aliphatic heterocycles. The van der Waals surface area contributed by atoms with E-state index in [1.807, 2.05) is 0 Å². The first kappa shape index (κ1) is 10.7. The fraction of sp³-hybridized carbons (Fsp3) is 1.00. The zero-order chi connectivity index (χ0) is 8.04. The van der Waals surface area contributed by atoms with Crippen molar-refractivity contribution < 1.29 is 0 Å². The van der Waals surface area contributed by atoms with Crippen molar-refractivity contribution in [1.82, 2.24) is 0 Å². The van der Waals surface area contributed by atoms with Gasteiger partial charge in [0, 0.05) is 3.42 Å². The number of unbranched alkanes of at least 4 members (excludes halogenated alkanes) is 2. The van der Waals surface area contributed by atoms with Crippen molar-refractivity contribution in [2.24, 2.45) is 0 Å². The molecule has 0 N–H and O–H groups in total. The summed E-state index contributed by atoms with van der Waals surface area (Å²) < 4.78 is 0.562. The van der Waals surface area contributed by atoms with Crippen molar-refractivity contribution in [3.05, 3.63) is 0 Å². The van der Waals surface area contributed by atoms with Crippen LogP contribution in [0.3, 0.4) is 0 Å². The van der Waals surface area contributed by atoms with E-state index >= 15 is 0 Å². The fourth-order valence-electron chi connectivity index (χ4n) is 0.920. The molecule has 10 heavy (non-hydrogen) atoms. The molecule has 0 aromatic heterocycles. The van der Waals surface area contributed by atoms with E-state index in [9.17, 15) is 0 Å². The van der Waals surface area contributed by atoms with E-state index in [0.717, 1.165) is 0 Å². The van der Waals surface area contributed by atoms with E-state index in [0.29, 0.717) is 3.42 Å². The van der Waals surface area contributed by atoms with Crippen LogP contribution < -0.4 is 0 Å². The first-order valence-corrected chi connectivity index (χ1v) is 5.39. The molecule has 0 radical (unpaired) electrons. The normalized spacial score (nSPS) is 16.8. The van der Waals surface area contributed by atoms with Crippen molar-refractivity contribution in [2.75, 3.05) is 0 Å². The maximum absolute atomic E-state index is 2.58. The summed E-state index contributed by atoms with van der Waals surface area (Å²) in [4.78, 5) is 0. The predicted molar refractivity (Wildman–Crippen MR) is 56.9 cm³/mol. The topological polar surface area (TPSA) is 0 Å². The van der Waals surface area contributed by atoms with Gasteiger partial charge in [-0.1, -0.05) is 62.6 Å². The molecule has 0 aromatic rings. The highest BCUT2D eigenvalue weighted by atomic mass is 127. The van der Waals surface area contributed by atoms with Crippen LogP contribution in [-0.4, -0.2) is 3.42 Å². The molecule has 0 aromatic carbocycles. The Labute approximate surface area is 78.9 Å². The summed E-state index contributed by atoms with van der Waals surface area (Å²) in [6.45, 7) is 6.89. The Balaban J connectivity index is 3.28. The van der Waals surface area contributed by atoms with Crippen LogP contribution in [0, 0.1) is 0 Å². The van der Waals surface area contributed by atoms with Crippen molar-refractivity contribution in [1.29, 1.82) is 0 Å². The average molecular weight is 254 g/mol. The third-order valence-electron chi connectivity index (χ3n) is 2.04. The number of rotatable bonds is 5. The van der Waals surface area contributed by atoms with Gasteiger partial charge in [-0.2, -0.15) is 0 Å². The van der Waals surface area contributed by atoms with Crippen LogP contribution in [0.25, 0.3) is 0 Å². The molecule has 0 saturated carbocycles. The molecule has 0 bridgehead atoms. The van der Waals surface area contributed by atoms with Crippen LogP contribution >= 0.6 is 22.6 Å². The Bertz CT molecular complexity index is 76.8. The van der Waals surface area contributed by atoms with Gasteiger partial charge in [0.05, 0.1) is 0 Å². The molecule has 1 atom stereocenters. The number of alkyl halides is 1. The molecule has 0 nitrogen and oxygen atoms in total. The average Bonchev–Trinajstić information content (AvgIpc) is 1.89. The molecular formula is C9H19I. The molecule has 62 valence electrons. The van der Waals surface area contributed by atoms with E-state index < -0.39 is 0 Å². The molecule has 0 spiro atoms. The van der Waals surface area contributed by atoms with Gasteiger partial charge in [-0.05, 0) is 12.8 Å². The molecular weight excluding hydrogens is 235 g/mol. The van der Waals surface area contributed by atoms with Crippen molar-refractivity contribution in [3.63, 3.8) is 0 Å². The van der Waals surface area contributed by atoms with E-state index in [-0.39, 0.29) is 0 Å². The van der Waals surface area contributed by atoms with E-state index in [2.05, 4.69) is 43.4 Å². The summed E-state index contributed by atoms with van der Waals surface area (Å²) in [6, 6.07) is 0. The maximum Gasteiger partial charge on any atom is 0.0191 e. The van der Waals surface area contributed by atoms with E-state index in [4.69, 9.17) is 0 Å². The van der Waals surface area contributed by atoms with E-state index in [1.54, 1.807) is 0 Å². The highest BCUT2D eigenvalue weighted by molar-refractivity contribution is 14.1. The maximum atomic E-state index is 2.58. The highest BCUT2D eigenvalue weighted by Crippen LogP contribution is 2.28. The second-order valence-electron chi connectivity index (χ2n) is 3.22. The molecule has 0 fully saturated rings. The second kappa shape index (κ2) is 5.39. The minimum atomic E-state index is 0.562. The van der Waals surface area contributed by atoms with Gasteiger partial charge in [-0.25, -0.2) is 0 Å². The van der Waals surface area contributed by atoms with Gasteiger partial charge in [0.15, 0.2) is 0 Å². The lowest BCUT2D eigenvalue weighted by Gasteiger charge is -2.19. The monoisotopic (exact) mass is 254 g/mol. The Kier molecular flexibility index (Phi) is 5.78. The summed E-state index contributed by atoms with van der Waals surface area (Å²) >= 11 is 2.58. The van der Waals surface area contributed by atoms with Gasteiger partial charge in [-0.3, -0.25) is 0 Å². The Morgan fingerprint density at radius 3 is 2.20 bits per heavy atom. The molecule has 0 heterocycles. The van der Waals surface area contributed by atoms with E-state index in [1.165, 1.54) is 32.1 Å². The zero-order valence-electron chi connectivity index (χ0n) is 7.41. The summed E-state index contributed by atoms with van der Waals surface area (Å²) in [7, 11) is 0. The van der Waals surface area contributed by atoms with Gasteiger partial charge < -0.3 is 0 Å². The summed E-state index contributed by atoms with van der Waals surface area (Å²) in [5.74, 6) is 0. The van der Waals surface area contributed by atoms with Crippen LogP contribution in [0.5, 0.6) is 0 Å². The molecule has 1 unspecified atom stereocenters. The zero-order valence-corrected chi connectivity index (χ0v) is 9.57. The van der Waals surface area contributed by atoms with Crippen LogP contribution in [0.15, 0.2) is 0 Å². The van der Waals surface area contributed by atoms with Crippen molar-refractivity contribution in [3.8, 4) is 0 Å². The Hall–Kier alpha value is 0.730. The van der Waals surface area contributed by atoms with Crippen LogP contribution in [-0.2, 0) is 0 Å². The lowest BCUT2D eigenvalue weighted by atomic mass is 10.0. The number of hydrogen-bond acceptors (Lipinski definition) is 0. The predicted octanol–water partition coefficient (Wildman–Crippen LogP) is 4.17. The van der Waals surface area contributed by atoms with Gasteiger partial charge in [0.1, 0.15) is 0 Å². The van der Waals surface area contributed by atoms with Crippen molar-refractivity contribution >= 4 is 22.6 Å². The standard InChI is InChI=1S/C9H19I/c1-4-6-7-8-9(3,10)5-2/h4-8H2,1-3H3. The van der Waals surface area contributed by atoms with Crippen LogP contribution in [0.4, 0.5) is 0 Å². The number of hydrogen-bond donors (Lipinski definition) is 0. The minimum Gasteiger partial charge on any atom is -0.0792 e. The molecule has 0 aliphatic carbocycles. The largest absolute Gasteiger partial charge is 0.0792 e. The van der Waals surface area contributed by atoms with Gasteiger partial charge in [-0.15, -0.1) is 0 Å². The van der Waals surface area contributed by atoms with Gasteiger partial charge in [0.25, 0.3) is 0 Å². The summed E-state index contributed by atoms with van der Waals surface area (Å²) in [5, 5.41) is 0. The number of halogens is 1. The quantitative estimate of drug-likeness (QED) is 0.392. The van der Waals surface area contributed by atoms with Crippen LogP contribution in [0.2, 0.25) is 0 Å². The molecule has 0 aliphatic rings. The second-order valence-corrected chi connectivity index (χ2v) is 5.83. The van der Waals surface area contributed by atoms with Gasteiger partial charge >= 0.3 is 0 Å². The lowest BCUT2D eigenvalue weighted by Crippen LogP contribution is -2.12. The van der Waals surface area contributed by atoms with Crippen molar-refractivity contribution in [2.45, 2.75) is 56.3 Å². The molecule has 0 saturated heterocycles. The molecule has 1 heteroatoms. The SMILES string of the molecule is CCCCCC(C)(I)CC. The fourth-order valence-corrected chi connectivity index (χ4v) is 1.30. The van der Waals surface area contributed by atoms with Gasteiger partial charge in [0.2, 0.25) is 0 Å². The Morgan fingerprint density at radius 2 is 1.80 bits per heavy atom. The molecule has 0 rings (SSSR count). The first-order valence-electron chi connectivity index (χ1n) is 4.31. The smallest absolute Gasteiger partial charge is 0.0191 e. The first-order chi connectivity index (χ1) is 4.62. The minimum absolute atomic E-state index is 0.562. The lowest BCUT2D eigenvalue weighted by molar-refractivity contribution is 0.547. The summed E-state index contributed by atoms with van der Waals surface area (Å²) in [5.41, 5.74) is 0. The molecule has 0 amide bonds. The van der Waals surface area contributed by atoms with Crippen LogP contribution in [0.1, 0.15) is 52.9 Å². The summed E-state index contributed by atoms with van der Waals surface area (Å²) in [6.07, 6.45) is 6.84. The highest BCUT2D eigenvalue weighted by Gasteiger charge is 2.15. The third kappa shape index (κ3) is 5.51. The third-order valence-corrected chi connectivity index (χ3v) is 3.34. The Morgan fingerprint density at radius 1 is 1.20 bits per heavy atom.